The van der Waals surface area contributed by atoms with E-state index in [1.807, 2.05) is 0 Å². The molecule has 0 atom stereocenters. The number of alkyl halides is 2. The quantitative estimate of drug-likeness (QED) is 0.126. The second-order valence-electron chi connectivity index (χ2n) is 6.36. The summed E-state index contributed by atoms with van der Waals surface area (Å²) in [7, 11) is 0. The van der Waals surface area contributed by atoms with Gasteiger partial charge in [0.1, 0.15) is 0 Å². The molecule has 0 fully saturated rings. The first-order valence-corrected chi connectivity index (χ1v) is 11.3. The number of carbonyl (C=O) groups is 1. The van der Waals surface area contributed by atoms with Crippen LogP contribution in [0.25, 0.3) is 0 Å². The van der Waals surface area contributed by atoms with Crippen LogP contribution in [-0.2, 0) is 4.79 Å². The smallest absolute Gasteiger partial charge is 0.329 e. The Kier molecular flexibility index (Phi) is 16.1. The molecule has 132 valence electrons. The van der Waals surface area contributed by atoms with Crippen LogP contribution in [0.4, 0.5) is 0 Å². The molecule has 2 nitrogen and oxygen atoms in total. The van der Waals surface area contributed by atoms with Gasteiger partial charge in [-0.15, -0.1) is 0 Å². The summed E-state index contributed by atoms with van der Waals surface area (Å²) in [6.45, 7) is 2.27. The summed E-state index contributed by atoms with van der Waals surface area (Å²) in [6.07, 6.45) is 19.6. The average molecular weight is 536 g/mol. The summed E-state index contributed by atoms with van der Waals surface area (Å²) in [5, 5.41) is 9.03. The number of carboxylic acids is 1. The van der Waals surface area contributed by atoms with E-state index in [-0.39, 0.29) is 0 Å². The highest BCUT2D eigenvalue weighted by Crippen LogP contribution is 2.33. The fourth-order valence-corrected chi connectivity index (χ4v) is 3.41. The Bertz CT molecular complexity index is 268. The van der Waals surface area contributed by atoms with Gasteiger partial charge in [-0.2, -0.15) is 0 Å². The van der Waals surface area contributed by atoms with Crippen molar-refractivity contribution in [3.05, 3.63) is 0 Å². The maximum Gasteiger partial charge on any atom is 0.329 e. The van der Waals surface area contributed by atoms with Gasteiger partial charge in [0.25, 0.3) is 0 Å². The van der Waals surface area contributed by atoms with Crippen molar-refractivity contribution in [2.45, 2.75) is 105 Å². The number of aliphatic carboxylic acids is 1. The molecule has 0 saturated carbocycles. The van der Waals surface area contributed by atoms with Crippen LogP contribution in [0.5, 0.6) is 0 Å². The van der Waals surface area contributed by atoms with Gasteiger partial charge in [-0.05, 0) is 6.42 Å². The van der Waals surface area contributed by atoms with Gasteiger partial charge in [-0.3, -0.25) is 0 Å². The van der Waals surface area contributed by atoms with Gasteiger partial charge in [0.15, 0.2) is 1.43 Å². The minimum absolute atomic E-state index is 0.605. The Morgan fingerprint density at radius 1 is 0.727 bits per heavy atom. The fourth-order valence-electron chi connectivity index (χ4n) is 2.65. The van der Waals surface area contributed by atoms with Crippen LogP contribution >= 0.6 is 45.2 Å². The van der Waals surface area contributed by atoms with Crippen LogP contribution in [0, 0.1) is 0 Å². The summed E-state index contributed by atoms with van der Waals surface area (Å²) in [6, 6.07) is 0. The minimum Gasteiger partial charge on any atom is -0.480 e. The third kappa shape index (κ3) is 14.5. The second kappa shape index (κ2) is 15.5. The molecule has 4 heteroatoms. The lowest BCUT2D eigenvalue weighted by molar-refractivity contribution is -0.136. The van der Waals surface area contributed by atoms with Crippen molar-refractivity contribution >= 4 is 51.2 Å². The molecule has 1 N–H and O–H groups in total. The third-order valence-corrected chi connectivity index (χ3v) is 6.16. The molecule has 22 heavy (non-hydrogen) atoms. The lowest BCUT2D eigenvalue weighted by Crippen LogP contribution is -2.23. The summed E-state index contributed by atoms with van der Waals surface area (Å²) in [4.78, 5) is 11.0. The Morgan fingerprint density at radius 3 is 1.36 bits per heavy atom. The molecule has 0 aliphatic heterocycles. The number of hydrogen-bond acceptors (Lipinski definition) is 1. The van der Waals surface area contributed by atoms with Gasteiger partial charge < -0.3 is 5.11 Å². The first kappa shape index (κ1) is 22.9. The summed E-state index contributed by atoms with van der Waals surface area (Å²) >= 11 is 4.10. The highest BCUT2D eigenvalue weighted by molar-refractivity contribution is 14.2. The summed E-state index contributed by atoms with van der Waals surface area (Å²) < 4.78 is -0.605. The molecule has 0 aromatic heterocycles. The number of hydrogen-bond donors (Lipinski definition) is 1. The van der Waals surface area contributed by atoms with E-state index in [4.69, 9.17) is 5.11 Å². The Balaban J connectivity index is 3.16. The van der Waals surface area contributed by atoms with Crippen molar-refractivity contribution in [1.82, 2.24) is 0 Å². The van der Waals surface area contributed by atoms with Crippen LogP contribution in [0.2, 0.25) is 0 Å². The van der Waals surface area contributed by atoms with Gasteiger partial charge in [0, 0.05) is 0 Å². The zero-order chi connectivity index (χ0) is 16.7. The van der Waals surface area contributed by atoms with Crippen molar-refractivity contribution in [1.29, 1.82) is 0 Å². The third-order valence-electron chi connectivity index (χ3n) is 4.16. The number of carboxylic acid groups (broad SMARTS) is 1. The molecule has 0 aliphatic carbocycles. The Hall–Kier alpha value is 0.930. The van der Waals surface area contributed by atoms with Crippen LogP contribution in [0.15, 0.2) is 0 Å². The molecule has 0 aromatic rings. The number of rotatable bonds is 16. The highest BCUT2D eigenvalue weighted by Gasteiger charge is 2.30. The lowest BCUT2D eigenvalue weighted by atomic mass is 10.0. The second-order valence-corrected chi connectivity index (χ2v) is 12.1. The van der Waals surface area contributed by atoms with E-state index < -0.39 is 7.40 Å². The molecular formula is C18H34I2O2. The van der Waals surface area contributed by atoms with E-state index in [1.54, 1.807) is 0 Å². The molecule has 0 unspecified atom stereocenters. The Labute approximate surface area is 164 Å². The minimum atomic E-state index is -0.691. The topological polar surface area (TPSA) is 37.3 Å². The Morgan fingerprint density at radius 2 is 1.05 bits per heavy atom. The summed E-state index contributed by atoms with van der Waals surface area (Å²) in [5.41, 5.74) is 0. The first-order valence-electron chi connectivity index (χ1n) is 9.12. The molecule has 0 bridgehead atoms. The summed E-state index contributed by atoms with van der Waals surface area (Å²) in [5.74, 6) is -0.691. The van der Waals surface area contributed by atoms with Crippen LogP contribution < -0.4 is 0 Å². The monoisotopic (exact) mass is 536 g/mol. The van der Waals surface area contributed by atoms with E-state index in [0.29, 0.717) is 0 Å². The average Bonchev–Trinajstić information content (AvgIpc) is 2.47. The van der Waals surface area contributed by atoms with Crippen LogP contribution in [0.3, 0.4) is 0 Å². The molecule has 0 radical (unpaired) electrons. The molecular weight excluding hydrogens is 502 g/mol. The molecule has 0 aliphatic rings. The van der Waals surface area contributed by atoms with E-state index >= 15 is 0 Å². The van der Waals surface area contributed by atoms with Gasteiger partial charge in [0.2, 0.25) is 0 Å². The molecule has 0 saturated heterocycles. The van der Waals surface area contributed by atoms with E-state index in [0.717, 1.165) is 12.8 Å². The molecule has 0 heterocycles. The van der Waals surface area contributed by atoms with Gasteiger partial charge in [0.05, 0.1) is 0 Å². The van der Waals surface area contributed by atoms with Gasteiger partial charge in [-0.25, -0.2) is 4.79 Å². The lowest BCUT2D eigenvalue weighted by Gasteiger charge is -2.14. The fraction of sp³-hybridized carbons (Fsp3) is 0.944. The van der Waals surface area contributed by atoms with Crippen molar-refractivity contribution in [3.63, 3.8) is 0 Å². The molecule has 0 aromatic carbocycles. The molecule has 0 spiro atoms. The number of unbranched alkanes of at least 4 members (excludes halogenated alkanes) is 13. The largest absolute Gasteiger partial charge is 0.480 e. The maximum atomic E-state index is 11.0. The predicted molar refractivity (Wildman–Crippen MR) is 113 cm³/mol. The first-order chi connectivity index (χ1) is 10.5. The zero-order valence-electron chi connectivity index (χ0n) is 14.2. The predicted octanol–water partition coefficient (Wildman–Crippen LogP) is 7.51. The van der Waals surface area contributed by atoms with Crippen molar-refractivity contribution in [3.8, 4) is 0 Å². The number of halogens is 2. The van der Waals surface area contributed by atoms with E-state index in [9.17, 15) is 4.79 Å². The van der Waals surface area contributed by atoms with Crippen molar-refractivity contribution in [2.75, 3.05) is 0 Å². The van der Waals surface area contributed by atoms with Crippen molar-refractivity contribution in [2.24, 2.45) is 0 Å². The van der Waals surface area contributed by atoms with Crippen LogP contribution in [-0.4, -0.2) is 12.5 Å². The zero-order valence-corrected chi connectivity index (χ0v) is 18.5. The standard InChI is InChI=1S/C18H34I2O2/c1-2-3-4-5-6-7-8-9-10-11-12-13-14-15-16-18(19,20)17(21)22/h2-16H2,1H3,(H,21,22). The molecule has 0 amide bonds. The molecule has 0 rings (SSSR count). The highest BCUT2D eigenvalue weighted by atomic mass is 127. The maximum absolute atomic E-state index is 11.0. The van der Waals surface area contributed by atoms with E-state index in [1.165, 1.54) is 83.5 Å². The normalized spacial score (nSPS) is 11.8. The van der Waals surface area contributed by atoms with Crippen molar-refractivity contribution < 1.29 is 9.90 Å². The SMILES string of the molecule is CCCCCCCCCCCCCCCCC(I)(I)C(=O)O. The van der Waals surface area contributed by atoms with E-state index in [2.05, 4.69) is 52.1 Å². The van der Waals surface area contributed by atoms with Crippen LogP contribution in [0.1, 0.15) is 103 Å². The van der Waals surface area contributed by atoms with Gasteiger partial charge >= 0.3 is 5.97 Å². The van der Waals surface area contributed by atoms with Gasteiger partial charge in [-0.1, -0.05) is 142 Å².